The number of alkyl halides is 6. The van der Waals surface area contributed by atoms with E-state index >= 15 is 0 Å². The Balaban J connectivity index is 0.00000722. The molecule has 0 atom stereocenters. The van der Waals surface area contributed by atoms with Crippen LogP contribution in [0.2, 0.25) is 0 Å². The van der Waals surface area contributed by atoms with Gasteiger partial charge in [-0.15, -0.1) is 10.2 Å². The van der Waals surface area contributed by atoms with E-state index in [0.29, 0.717) is 23.5 Å². The van der Waals surface area contributed by atoms with Crippen LogP contribution in [0.15, 0.2) is 75.0 Å². The fraction of sp³-hybridized carbons (Fsp3) is 0.273. The maximum atomic E-state index is 12.5. The number of benzene rings is 2. The quantitative estimate of drug-likeness (QED) is 0.108. The first-order valence-electron chi connectivity index (χ1n) is 10.4. The summed E-state index contributed by atoms with van der Waals surface area (Å²) in [5, 5.41) is 18.1. The van der Waals surface area contributed by atoms with Gasteiger partial charge in [0.05, 0.1) is 6.61 Å². The van der Waals surface area contributed by atoms with Crippen LogP contribution >= 0.6 is 0 Å². The van der Waals surface area contributed by atoms with Crippen molar-refractivity contribution in [3.63, 3.8) is 0 Å². The van der Waals surface area contributed by atoms with Gasteiger partial charge in [0, 0.05) is 11.1 Å². The third-order valence-electron chi connectivity index (χ3n) is 4.07. The smallest absolute Gasteiger partial charge is 0.741 e. The summed E-state index contributed by atoms with van der Waals surface area (Å²) in [5.41, 5.74) is 0.829. The maximum Gasteiger partial charge on any atom is 2.00 e. The summed E-state index contributed by atoms with van der Waals surface area (Å²) in [5.74, 6) is 0.533. The first-order valence-corrected chi connectivity index (χ1v) is 11.2. The van der Waals surface area contributed by atoms with E-state index in [2.05, 4.69) is 20.4 Å². The minimum atomic E-state index is -4.53. The van der Waals surface area contributed by atoms with E-state index in [9.17, 15) is 26.3 Å². The minimum Gasteiger partial charge on any atom is -0.741 e. The number of hydrogen-bond acceptors (Lipinski definition) is 7. The van der Waals surface area contributed by atoms with Crippen molar-refractivity contribution in [1.82, 2.24) is 10.6 Å². The van der Waals surface area contributed by atoms with E-state index in [-0.39, 0.29) is 28.5 Å². The summed E-state index contributed by atoms with van der Waals surface area (Å²) >= 11 is 9.63. The maximum absolute atomic E-state index is 12.5. The molecule has 0 saturated heterocycles. The molecule has 0 heterocycles. The Bertz CT molecular complexity index is 1140. The Morgan fingerprint density at radius 2 is 1.13 bits per heavy atom. The van der Waals surface area contributed by atoms with Crippen molar-refractivity contribution in [2.75, 3.05) is 19.7 Å². The van der Waals surface area contributed by atoms with E-state index < -0.39 is 35.8 Å². The van der Waals surface area contributed by atoms with Gasteiger partial charge in [0.2, 0.25) is 0 Å². The molecule has 0 bridgehead atoms. The number of amidine groups is 2. The summed E-state index contributed by atoms with van der Waals surface area (Å²) < 4.78 is 80.4. The molecule has 2 rings (SSSR count). The third-order valence-corrected chi connectivity index (χ3v) is 4.52. The first kappa shape index (κ1) is 33.1. The number of nitrogens with zero attached hydrogens (tertiary/aromatic N) is 4. The Labute approximate surface area is 236 Å². The van der Waals surface area contributed by atoms with Gasteiger partial charge in [0.1, 0.15) is 30.3 Å². The summed E-state index contributed by atoms with van der Waals surface area (Å²) in [6.07, 6.45) is -9.06. The Kier molecular flexibility index (Phi) is 13.5. The molecule has 0 unspecified atom stereocenters. The Morgan fingerprint density at radius 3 is 1.53 bits per heavy atom. The van der Waals surface area contributed by atoms with Crippen molar-refractivity contribution in [1.29, 1.82) is 0 Å². The molecular weight excluding hydrogens is 606 g/mol. The van der Waals surface area contributed by atoms with Crippen LogP contribution in [0, 0.1) is 0 Å². The largest absolute Gasteiger partial charge is 2.00 e. The fourth-order valence-electron chi connectivity index (χ4n) is 2.57. The van der Waals surface area contributed by atoms with Crippen LogP contribution in [0.1, 0.15) is 18.1 Å². The molecule has 0 aliphatic carbocycles. The Hall–Kier alpha value is -2.94. The summed E-state index contributed by atoms with van der Waals surface area (Å²) in [6, 6.07) is 14.7. The second-order valence-electron chi connectivity index (χ2n) is 6.97. The normalized spacial score (nSPS) is 13.6. The number of nitrogens with one attached hydrogen (secondary N) is 2. The van der Waals surface area contributed by atoms with Gasteiger partial charge in [-0.1, -0.05) is 30.3 Å². The van der Waals surface area contributed by atoms with Crippen LogP contribution < -0.4 is 15.4 Å². The molecule has 16 heteroatoms. The topological polar surface area (TPSA) is 82.7 Å². The van der Waals surface area contributed by atoms with Crippen LogP contribution in [0.4, 0.5) is 26.3 Å². The summed E-state index contributed by atoms with van der Waals surface area (Å²) in [6.45, 7) is -0.629. The van der Waals surface area contributed by atoms with Gasteiger partial charge in [-0.25, -0.2) is 0 Å². The average Bonchev–Trinajstić information content (AvgIpc) is 2.84. The SMILES string of the molecule is CCOc1ccc(C(=N\N=C(/[S-])NCC(F)(F)F)/C(=N/N=C(\[S-])NCC(F)(F)F)c2ccccc2)cc1.[Cu+2]. The van der Waals surface area contributed by atoms with E-state index in [1.807, 2.05) is 10.6 Å². The number of rotatable bonds is 9. The molecule has 209 valence electrons. The second kappa shape index (κ2) is 15.5. The molecule has 1 radical (unpaired) electrons. The van der Waals surface area contributed by atoms with Gasteiger partial charge >= 0.3 is 29.4 Å². The molecule has 0 aromatic heterocycles. The molecule has 2 N–H and O–H groups in total. The molecule has 0 saturated carbocycles. The number of hydrogen-bond donors (Lipinski definition) is 2. The molecule has 7 nitrogen and oxygen atoms in total. The molecular formula is C22H20CuF6N6OS2. The van der Waals surface area contributed by atoms with Gasteiger partial charge in [0.15, 0.2) is 0 Å². The molecule has 0 amide bonds. The average molecular weight is 626 g/mol. The van der Waals surface area contributed by atoms with Crippen LogP contribution in [0.25, 0.3) is 0 Å². The fourth-order valence-corrected chi connectivity index (χ4v) is 2.79. The molecule has 0 spiro atoms. The van der Waals surface area contributed by atoms with Gasteiger partial charge in [-0.3, -0.25) is 0 Å². The standard InChI is InChI=1S/C22H22F6N6OS2.Cu/c1-2-35-16-10-8-15(9-11-16)18(32-34-20(37)30-13-22(26,27)28)17(14-6-4-3-5-7-14)31-33-19(36)29-12-21(23,24)25;/h3-11H,2,12-13H2,1H3,(H2,29,33,36)(H2,30,34,37);/q;+2/p-2/b31-17+,32-18+;. The van der Waals surface area contributed by atoms with Crippen molar-refractivity contribution in [3.8, 4) is 5.75 Å². The van der Waals surface area contributed by atoms with Crippen molar-refractivity contribution in [2.45, 2.75) is 19.3 Å². The van der Waals surface area contributed by atoms with Crippen molar-refractivity contribution in [2.24, 2.45) is 20.4 Å². The van der Waals surface area contributed by atoms with Crippen LogP contribution in [0.3, 0.4) is 0 Å². The van der Waals surface area contributed by atoms with Gasteiger partial charge in [-0.05, 0) is 41.5 Å². The van der Waals surface area contributed by atoms with E-state index in [0.717, 1.165) is 0 Å². The monoisotopic (exact) mass is 625 g/mol. The van der Waals surface area contributed by atoms with Crippen LogP contribution in [0.5, 0.6) is 5.75 Å². The van der Waals surface area contributed by atoms with Crippen molar-refractivity contribution >= 4 is 47.0 Å². The predicted octanol–water partition coefficient (Wildman–Crippen LogP) is 4.30. The number of ether oxygens (including phenoxy) is 1. The van der Waals surface area contributed by atoms with E-state index in [4.69, 9.17) is 30.0 Å². The zero-order valence-corrected chi connectivity index (χ0v) is 22.0. The molecule has 0 aliphatic heterocycles. The Morgan fingerprint density at radius 1 is 0.711 bits per heavy atom. The summed E-state index contributed by atoms with van der Waals surface area (Å²) in [7, 11) is 0. The van der Waals surface area contributed by atoms with E-state index in [1.54, 1.807) is 61.5 Å². The molecule has 38 heavy (non-hydrogen) atoms. The minimum absolute atomic E-state index is 0. The predicted molar refractivity (Wildman–Crippen MR) is 135 cm³/mol. The molecule has 0 aliphatic rings. The molecule has 2 aromatic rings. The third kappa shape index (κ3) is 12.5. The van der Waals surface area contributed by atoms with Crippen LogP contribution in [-0.4, -0.2) is 53.8 Å². The van der Waals surface area contributed by atoms with Crippen molar-refractivity contribution < 1.29 is 48.1 Å². The first-order chi connectivity index (χ1) is 17.4. The molecule has 2 aromatic carbocycles. The molecule has 0 fully saturated rings. The van der Waals surface area contributed by atoms with E-state index in [1.165, 1.54) is 0 Å². The summed E-state index contributed by atoms with van der Waals surface area (Å²) in [4.78, 5) is 0. The van der Waals surface area contributed by atoms with Gasteiger partial charge in [-0.2, -0.15) is 36.5 Å². The van der Waals surface area contributed by atoms with Gasteiger partial charge < -0.3 is 40.6 Å². The zero-order valence-electron chi connectivity index (χ0n) is 19.4. The van der Waals surface area contributed by atoms with Gasteiger partial charge in [0.25, 0.3) is 0 Å². The second-order valence-corrected chi connectivity index (χ2v) is 7.74. The van der Waals surface area contributed by atoms with Crippen LogP contribution in [-0.2, 0) is 42.3 Å². The van der Waals surface area contributed by atoms with Crippen molar-refractivity contribution in [3.05, 3.63) is 65.7 Å². The number of halogens is 6. The zero-order chi connectivity index (χ0) is 27.5.